The van der Waals surface area contributed by atoms with Gasteiger partial charge < -0.3 is 15.0 Å². The summed E-state index contributed by atoms with van der Waals surface area (Å²) in [4.78, 5) is 2.38. The third-order valence-electron chi connectivity index (χ3n) is 4.70. The van der Waals surface area contributed by atoms with Gasteiger partial charge in [-0.05, 0) is 60.7 Å². The number of likely N-dealkylation sites (N-methyl/N-ethyl adjacent to an activating group) is 2. The van der Waals surface area contributed by atoms with Crippen molar-refractivity contribution in [3.8, 4) is 0 Å². The van der Waals surface area contributed by atoms with E-state index in [1.54, 1.807) is 7.11 Å². The van der Waals surface area contributed by atoms with Gasteiger partial charge in [0.1, 0.15) is 0 Å². The third-order valence-corrected chi connectivity index (χ3v) is 4.70. The molecule has 0 spiro atoms. The first-order valence-corrected chi connectivity index (χ1v) is 7.19. The highest BCUT2D eigenvalue weighted by Crippen LogP contribution is 2.30. The van der Waals surface area contributed by atoms with Crippen molar-refractivity contribution >= 4 is 0 Å². The smallest absolute Gasteiger partial charge is 0.0623 e. The lowest BCUT2D eigenvalue weighted by atomic mass is 9.79. The monoisotopic (exact) mass is 258 g/mol. The maximum atomic E-state index is 5.53. The Balaban J connectivity index is 4.83. The van der Waals surface area contributed by atoms with Crippen LogP contribution in [0.4, 0.5) is 0 Å². The number of hydrogen-bond acceptors (Lipinski definition) is 3. The van der Waals surface area contributed by atoms with Crippen LogP contribution in [-0.4, -0.2) is 50.3 Å². The Morgan fingerprint density at radius 2 is 1.67 bits per heavy atom. The molecule has 1 atom stereocenters. The molecule has 0 aromatic carbocycles. The molecule has 0 amide bonds. The van der Waals surface area contributed by atoms with Crippen LogP contribution in [0.1, 0.15) is 53.4 Å². The second-order valence-corrected chi connectivity index (χ2v) is 6.05. The van der Waals surface area contributed by atoms with E-state index in [4.69, 9.17) is 4.74 Å². The third kappa shape index (κ3) is 4.22. The fourth-order valence-electron chi connectivity index (χ4n) is 2.96. The average Bonchev–Trinajstić information content (AvgIpc) is 2.34. The minimum Gasteiger partial charge on any atom is -0.379 e. The van der Waals surface area contributed by atoms with Gasteiger partial charge in [-0.3, -0.25) is 0 Å². The van der Waals surface area contributed by atoms with Crippen molar-refractivity contribution in [1.82, 2.24) is 10.2 Å². The van der Waals surface area contributed by atoms with Crippen LogP contribution >= 0.6 is 0 Å². The molecule has 0 saturated carbocycles. The molecule has 3 nitrogen and oxygen atoms in total. The molecule has 18 heavy (non-hydrogen) atoms. The molecule has 1 N–H and O–H groups in total. The Hall–Kier alpha value is -0.120. The molecule has 110 valence electrons. The Morgan fingerprint density at radius 1 is 1.17 bits per heavy atom. The molecule has 0 heterocycles. The van der Waals surface area contributed by atoms with Gasteiger partial charge in [0.15, 0.2) is 0 Å². The Bertz CT molecular complexity index is 223. The van der Waals surface area contributed by atoms with E-state index >= 15 is 0 Å². The molecule has 0 fully saturated rings. The van der Waals surface area contributed by atoms with Gasteiger partial charge in [-0.1, -0.05) is 13.8 Å². The second kappa shape index (κ2) is 7.46. The van der Waals surface area contributed by atoms with Crippen LogP contribution < -0.4 is 5.32 Å². The zero-order chi connectivity index (χ0) is 14.4. The van der Waals surface area contributed by atoms with Crippen LogP contribution in [0.15, 0.2) is 0 Å². The van der Waals surface area contributed by atoms with Crippen molar-refractivity contribution in [2.75, 3.05) is 28.3 Å². The fraction of sp³-hybridized carbons (Fsp3) is 1.00. The quantitative estimate of drug-likeness (QED) is 0.688. The van der Waals surface area contributed by atoms with E-state index in [-0.39, 0.29) is 11.1 Å². The van der Waals surface area contributed by atoms with Gasteiger partial charge in [-0.25, -0.2) is 0 Å². The molecule has 1 unspecified atom stereocenters. The molecule has 3 heteroatoms. The number of nitrogens with one attached hydrogen (secondary N) is 1. The normalized spacial score (nSPS) is 15.2. The average molecular weight is 258 g/mol. The minimum absolute atomic E-state index is 0.0331. The Labute approximate surface area is 114 Å². The topological polar surface area (TPSA) is 24.5 Å². The van der Waals surface area contributed by atoms with Crippen LogP contribution in [0.3, 0.4) is 0 Å². The second-order valence-electron chi connectivity index (χ2n) is 6.05. The SMILES string of the molecule is CCC(CC)(C(CCC(C)(C)OC)NC)N(C)C. The van der Waals surface area contributed by atoms with E-state index in [0.29, 0.717) is 6.04 Å². The summed E-state index contributed by atoms with van der Waals surface area (Å²) in [5.74, 6) is 0. The number of methoxy groups -OCH3 is 1. The predicted molar refractivity (Wildman–Crippen MR) is 80.2 cm³/mol. The summed E-state index contributed by atoms with van der Waals surface area (Å²) in [6.45, 7) is 8.90. The van der Waals surface area contributed by atoms with Gasteiger partial charge in [-0.15, -0.1) is 0 Å². The molecule has 0 aliphatic carbocycles. The van der Waals surface area contributed by atoms with Crippen molar-refractivity contribution in [3.05, 3.63) is 0 Å². The first-order valence-electron chi connectivity index (χ1n) is 7.19. The van der Waals surface area contributed by atoms with Crippen LogP contribution in [0.2, 0.25) is 0 Å². The zero-order valence-electron chi connectivity index (χ0n) is 13.8. The predicted octanol–water partition coefficient (Wildman–Crippen LogP) is 2.90. The van der Waals surface area contributed by atoms with E-state index in [0.717, 1.165) is 25.7 Å². The molecule has 0 bridgehead atoms. The lowest BCUT2D eigenvalue weighted by molar-refractivity contribution is 0.00289. The lowest BCUT2D eigenvalue weighted by Gasteiger charge is -2.46. The molecule has 0 aliphatic rings. The van der Waals surface area contributed by atoms with E-state index in [1.807, 2.05) is 0 Å². The summed E-state index contributed by atoms with van der Waals surface area (Å²) in [6.07, 6.45) is 4.53. The van der Waals surface area contributed by atoms with Crippen LogP contribution in [0.5, 0.6) is 0 Å². The number of ether oxygens (including phenoxy) is 1. The number of nitrogens with zero attached hydrogens (tertiary/aromatic N) is 1. The molecule has 0 radical (unpaired) electrons. The molecule has 0 rings (SSSR count). The Morgan fingerprint density at radius 3 is 1.94 bits per heavy atom. The number of rotatable bonds is 9. The van der Waals surface area contributed by atoms with Crippen molar-refractivity contribution in [1.29, 1.82) is 0 Å². The maximum Gasteiger partial charge on any atom is 0.0623 e. The highest BCUT2D eigenvalue weighted by atomic mass is 16.5. The van der Waals surface area contributed by atoms with Crippen LogP contribution in [0.25, 0.3) is 0 Å². The van der Waals surface area contributed by atoms with E-state index in [2.05, 4.69) is 59.1 Å². The van der Waals surface area contributed by atoms with Crippen LogP contribution in [-0.2, 0) is 4.74 Å². The largest absolute Gasteiger partial charge is 0.379 e. The summed E-state index contributed by atoms with van der Waals surface area (Å²) in [5.41, 5.74) is 0.202. The zero-order valence-corrected chi connectivity index (χ0v) is 13.8. The van der Waals surface area contributed by atoms with Gasteiger partial charge >= 0.3 is 0 Å². The summed E-state index contributed by atoms with van der Waals surface area (Å²) >= 11 is 0. The van der Waals surface area contributed by atoms with Gasteiger partial charge in [0.05, 0.1) is 5.60 Å². The summed E-state index contributed by atoms with van der Waals surface area (Å²) < 4.78 is 5.53. The Kier molecular flexibility index (Phi) is 7.41. The molecule has 0 aliphatic heterocycles. The highest BCUT2D eigenvalue weighted by molar-refractivity contribution is 4.97. The molecular formula is C15H34N2O. The first-order chi connectivity index (χ1) is 8.29. The van der Waals surface area contributed by atoms with Crippen LogP contribution in [0, 0.1) is 0 Å². The van der Waals surface area contributed by atoms with Crippen molar-refractivity contribution in [2.45, 2.75) is 70.6 Å². The standard InChI is InChI=1S/C15H34N2O/c1-9-15(10-2,17(6)7)13(16-5)11-12-14(3,4)18-8/h13,16H,9-12H2,1-8H3. The van der Waals surface area contributed by atoms with Crippen molar-refractivity contribution < 1.29 is 4.74 Å². The maximum absolute atomic E-state index is 5.53. The van der Waals surface area contributed by atoms with Crippen molar-refractivity contribution in [2.24, 2.45) is 0 Å². The molecule has 0 aromatic heterocycles. The first kappa shape index (κ1) is 17.9. The number of hydrogen-bond donors (Lipinski definition) is 1. The van der Waals surface area contributed by atoms with E-state index in [1.165, 1.54) is 0 Å². The fourth-order valence-corrected chi connectivity index (χ4v) is 2.96. The summed E-state index contributed by atoms with van der Waals surface area (Å²) in [5, 5.41) is 3.53. The van der Waals surface area contributed by atoms with Gasteiger partial charge in [-0.2, -0.15) is 0 Å². The summed E-state index contributed by atoms with van der Waals surface area (Å²) in [6, 6.07) is 0.497. The van der Waals surface area contributed by atoms with Gasteiger partial charge in [0, 0.05) is 18.7 Å². The minimum atomic E-state index is -0.0331. The summed E-state index contributed by atoms with van der Waals surface area (Å²) in [7, 11) is 8.26. The van der Waals surface area contributed by atoms with Gasteiger partial charge in [0.2, 0.25) is 0 Å². The molecule has 0 aromatic rings. The van der Waals surface area contributed by atoms with E-state index in [9.17, 15) is 0 Å². The van der Waals surface area contributed by atoms with E-state index < -0.39 is 0 Å². The highest BCUT2D eigenvalue weighted by Gasteiger charge is 2.37. The lowest BCUT2D eigenvalue weighted by Crippen LogP contribution is -2.58. The van der Waals surface area contributed by atoms with Crippen molar-refractivity contribution in [3.63, 3.8) is 0 Å². The van der Waals surface area contributed by atoms with Gasteiger partial charge in [0.25, 0.3) is 0 Å². The molecule has 0 saturated heterocycles. The molecular weight excluding hydrogens is 224 g/mol.